The predicted octanol–water partition coefficient (Wildman–Crippen LogP) is 5.94. The third-order valence-corrected chi connectivity index (χ3v) is 8.39. The molecule has 4 aromatic rings. The Morgan fingerprint density at radius 3 is 2.42 bits per heavy atom. The van der Waals surface area contributed by atoms with E-state index in [1.807, 2.05) is 91.0 Å². The van der Waals surface area contributed by atoms with Gasteiger partial charge in [0.05, 0.1) is 30.4 Å². The zero-order valence-corrected chi connectivity index (χ0v) is 25.9. The van der Waals surface area contributed by atoms with Crippen molar-refractivity contribution in [3.63, 3.8) is 0 Å². The number of carbonyl (C=O) groups is 2. The number of aromatic nitrogens is 1. The summed E-state index contributed by atoms with van der Waals surface area (Å²) < 4.78 is 17.8. The van der Waals surface area contributed by atoms with Gasteiger partial charge in [-0.2, -0.15) is 0 Å². The van der Waals surface area contributed by atoms with Crippen LogP contribution >= 0.6 is 11.8 Å². The lowest BCUT2D eigenvalue weighted by Crippen LogP contribution is -2.38. The van der Waals surface area contributed by atoms with E-state index in [1.165, 1.54) is 0 Å². The van der Waals surface area contributed by atoms with Crippen LogP contribution in [0, 0.1) is 0 Å². The molecule has 9 nitrogen and oxygen atoms in total. The quantitative estimate of drug-likeness (QED) is 0.130. The summed E-state index contributed by atoms with van der Waals surface area (Å²) in [6.45, 7) is 2.07. The molecule has 0 saturated carbocycles. The standard InChI is InChI=1S/C35H37N3O6S/c1-2-42-33(40)21-38-35(41)37-20-28-7-3-4-8-30(28)25-14-16-27(17-15-25)34-43-29(23-45-32-9-5-6-18-36-32)19-31(44-34)26-12-10-24(22-39)11-13-26/h3-18,29,31,34,39H,2,19-23H2,1H3,(H2,37,38,41)/t29-,31+,34+/m0/s1. The highest BCUT2D eigenvalue weighted by atomic mass is 32.2. The molecule has 10 heteroatoms. The molecule has 5 rings (SSSR count). The molecule has 0 spiro atoms. The molecule has 1 fully saturated rings. The Bertz CT molecular complexity index is 1540. The third-order valence-electron chi connectivity index (χ3n) is 7.32. The lowest BCUT2D eigenvalue weighted by atomic mass is 9.98. The maximum Gasteiger partial charge on any atom is 0.325 e. The number of carbonyl (C=O) groups excluding carboxylic acids is 2. The molecular formula is C35H37N3O6S. The number of thioether (sulfide) groups is 1. The number of benzene rings is 3. The normalized spacial score (nSPS) is 17.8. The van der Waals surface area contributed by atoms with Gasteiger partial charge in [0.25, 0.3) is 0 Å². The number of nitrogens with one attached hydrogen (secondary N) is 2. The number of urea groups is 1. The predicted molar refractivity (Wildman–Crippen MR) is 172 cm³/mol. The molecule has 1 aliphatic heterocycles. The van der Waals surface area contributed by atoms with Crippen LogP contribution in [0.15, 0.2) is 102 Å². The molecule has 3 N–H and O–H groups in total. The highest BCUT2D eigenvalue weighted by Crippen LogP contribution is 2.40. The second-order valence-corrected chi connectivity index (χ2v) is 11.5. The number of aliphatic hydroxyl groups excluding tert-OH is 1. The van der Waals surface area contributed by atoms with Gasteiger partial charge in [-0.15, -0.1) is 11.8 Å². The summed E-state index contributed by atoms with van der Waals surface area (Å²) >= 11 is 1.66. The van der Waals surface area contributed by atoms with E-state index in [-0.39, 0.29) is 38.5 Å². The molecule has 0 aliphatic carbocycles. The highest BCUT2D eigenvalue weighted by molar-refractivity contribution is 7.99. The molecule has 3 atom stereocenters. The lowest BCUT2D eigenvalue weighted by Gasteiger charge is -2.36. The average molecular weight is 628 g/mol. The van der Waals surface area contributed by atoms with Gasteiger partial charge in [-0.25, -0.2) is 9.78 Å². The van der Waals surface area contributed by atoms with E-state index in [4.69, 9.17) is 14.2 Å². The Balaban J connectivity index is 1.28. The number of hydrogen-bond donors (Lipinski definition) is 3. The van der Waals surface area contributed by atoms with Crippen LogP contribution in [-0.2, 0) is 32.2 Å². The van der Waals surface area contributed by atoms with Crippen molar-refractivity contribution in [1.29, 1.82) is 0 Å². The second kappa shape index (κ2) is 16.2. The zero-order chi connectivity index (χ0) is 31.4. The Kier molecular flexibility index (Phi) is 11.6. The van der Waals surface area contributed by atoms with Gasteiger partial charge in [-0.1, -0.05) is 78.9 Å². The summed E-state index contributed by atoms with van der Waals surface area (Å²) in [5.74, 6) is 0.247. The first kappa shape index (κ1) is 32.2. The molecule has 0 unspecified atom stereocenters. The summed E-state index contributed by atoms with van der Waals surface area (Å²) in [5, 5.41) is 15.8. The van der Waals surface area contributed by atoms with Crippen molar-refractivity contribution in [3.05, 3.63) is 119 Å². The van der Waals surface area contributed by atoms with Gasteiger partial charge in [0, 0.05) is 30.5 Å². The minimum Gasteiger partial charge on any atom is -0.465 e. The molecular weight excluding hydrogens is 590 g/mol. The van der Waals surface area contributed by atoms with E-state index in [0.717, 1.165) is 44.2 Å². The molecule has 3 aromatic carbocycles. The Labute approximate surface area is 267 Å². The molecule has 0 bridgehead atoms. The number of pyridine rings is 1. The van der Waals surface area contributed by atoms with Gasteiger partial charge in [-0.3, -0.25) is 4.79 Å². The number of rotatable bonds is 12. The summed E-state index contributed by atoms with van der Waals surface area (Å²) in [6.07, 6.45) is 1.68. The van der Waals surface area contributed by atoms with Crippen molar-refractivity contribution in [2.45, 2.75) is 50.0 Å². The molecule has 1 saturated heterocycles. The molecule has 1 aromatic heterocycles. The fourth-order valence-electron chi connectivity index (χ4n) is 5.01. The van der Waals surface area contributed by atoms with Crippen molar-refractivity contribution < 1.29 is 28.9 Å². The number of esters is 1. The minimum absolute atomic E-state index is 0.00486. The molecule has 1 aliphatic rings. The van der Waals surface area contributed by atoms with Crippen LogP contribution in [0.3, 0.4) is 0 Å². The summed E-state index contributed by atoms with van der Waals surface area (Å²) in [7, 11) is 0. The Morgan fingerprint density at radius 2 is 1.69 bits per heavy atom. The van der Waals surface area contributed by atoms with E-state index in [1.54, 1.807) is 24.9 Å². The average Bonchev–Trinajstić information content (AvgIpc) is 3.09. The number of amides is 2. The first-order valence-electron chi connectivity index (χ1n) is 14.9. The van der Waals surface area contributed by atoms with E-state index in [9.17, 15) is 14.7 Å². The Morgan fingerprint density at radius 1 is 0.933 bits per heavy atom. The molecule has 2 heterocycles. The van der Waals surface area contributed by atoms with Gasteiger partial charge in [0.2, 0.25) is 0 Å². The molecule has 45 heavy (non-hydrogen) atoms. The van der Waals surface area contributed by atoms with Gasteiger partial charge in [-0.05, 0) is 46.9 Å². The van der Waals surface area contributed by atoms with Gasteiger partial charge in [0.1, 0.15) is 6.54 Å². The molecule has 234 valence electrons. The van der Waals surface area contributed by atoms with Crippen LogP contribution < -0.4 is 10.6 Å². The summed E-state index contributed by atoms with van der Waals surface area (Å²) in [5.41, 5.74) is 5.69. The van der Waals surface area contributed by atoms with Crippen LogP contribution in [-0.4, -0.2) is 47.1 Å². The van der Waals surface area contributed by atoms with Crippen molar-refractivity contribution in [2.24, 2.45) is 0 Å². The van der Waals surface area contributed by atoms with Gasteiger partial charge < -0.3 is 30.0 Å². The fourth-order valence-corrected chi connectivity index (χ4v) is 5.89. The smallest absolute Gasteiger partial charge is 0.325 e. The van der Waals surface area contributed by atoms with E-state index >= 15 is 0 Å². The second-order valence-electron chi connectivity index (χ2n) is 10.4. The van der Waals surface area contributed by atoms with Crippen LogP contribution in [0.4, 0.5) is 4.79 Å². The van der Waals surface area contributed by atoms with Crippen LogP contribution in [0.5, 0.6) is 0 Å². The molecule has 0 radical (unpaired) electrons. The van der Waals surface area contributed by atoms with Crippen LogP contribution in [0.2, 0.25) is 0 Å². The van der Waals surface area contributed by atoms with Gasteiger partial charge in [0.15, 0.2) is 6.29 Å². The third kappa shape index (κ3) is 9.15. The first-order chi connectivity index (χ1) is 22.0. The minimum atomic E-state index is -0.565. The number of aliphatic hydroxyl groups is 1. The summed E-state index contributed by atoms with van der Waals surface area (Å²) in [6, 6.07) is 29.2. The van der Waals surface area contributed by atoms with E-state index in [0.29, 0.717) is 6.42 Å². The topological polar surface area (TPSA) is 119 Å². The highest BCUT2D eigenvalue weighted by Gasteiger charge is 2.32. The van der Waals surface area contributed by atoms with Crippen molar-refractivity contribution in [3.8, 4) is 11.1 Å². The van der Waals surface area contributed by atoms with Crippen molar-refractivity contribution in [1.82, 2.24) is 15.6 Å². The van der Waals surface area contributed by atoms with Gasteiger partial charge >= 0.3 is 12.0 Å². The zero-order valence-electron chi connectivity index (χ0n) is 25.1. The molecule has 2 amide bonds. The first-order valence-corrected chi connectivity index (χ1v) is 15.9. The SMILES string of the molecule is CCOC(=O)CNC(=O)NCc1ccccc1-c1ccc([C@@H]2O[C@H](CSc3ccccn3)C[C@H](c3ccc(CO)cc3)O2)cc1. The van der Waals surface area contributed by atoms with Crippen LogP contribution in [0.1, 0.15) is 48.0 Å². The number of ether oxygens (including phenoxy) is 3. The van der Waals surface area contributed by atoms with Crippen LogP contribution in [0.25, 0.3) is 11.1 Å². The largest absolute Gasteiger partial charge is 0.465 e. The van der Waals surface area contributed by atoms with Crippen molar-refractivity contribution >= 4 is 23.8 Å². The van der Waals surface area contributed by atoms with E-state index < -0.39 is 18.3 Å². The Hall–Kier alpha value is -4.22. The monoisotopic (exact) mass is 627 g/mol. The lowest BCUT2D eigenvalue weighted by molar-refractivity contribution is -0.245. The number of hydrogen-bond acceptors (Lipinski definition) is 8. The number of nitrogens with zero attached hydrogens (tertiary/aromatic N) is 1. The fraction of sp³-hybridized carbons (Fsp3) is 0.286. The maximum absolute atomic E-state index is 12.2. The van der Waals surface area contributed by atoms with E-state index in [2.05, 4.69) is 15.6 Å². The maximum atomic E-state index is 12.2. The van der Waals surface area contributed by atoms with Crippen molar-refractivity contribution in [2.75, 3.05) is 18.9 Å². The summed E-state index contributed by atoms with van der Waals surface area (Å²) in [4.78, 5) is 28.2.